The lowest BCUT2D eigenvalue weighted by molar-refractivity contribution is -0.126. The number of piperidine rings is 1. The van der Waals surface area contributed by atoms with Crippen LogP contribution in [0.1, 0.15) is 72.7 Å². The molecule has 158 valence electrons. The molecule has 0 bridgehead atoms. The number of likely N-dealkylation sites (tertiary alicyclic amines) is 1. The van der Waals surface area contributed by atoms with Gasteiger partial charge in [0.25, 0.3) is 5.91 Å². The van der Waals surface area contributed by atoms with Crippen molar-refractivity contribution in [2.24, 2.45) is 11.7 Å². The number of amides is 2. The molecule has 0 spiro atoms. The Bertz CT molecular complexity index is 682. The summed E-state index contributed by atoms with van der Waals surface area (Å²) < 4.78 is 2.38. The number of nitrogens with one attached hydrogen (secondary N) is 1. The van der Waals surface area contributed by atoms with Gasteiger partial charge in [-0.1, -0.05) is 19.3 Å². The van der Waals surface area contributed by atoms with Crippen molar-refractivity contribution in [3.63, 3.8) is 0 Å². The van der Waals surface area contributed by atoms with E-state index >= 15 is 0 Å². The lowest BCUT2D eigenvalue weighted by Gasteiger charge is -2.32. The third-order valence-corrected chi connectivity index (χ3v) is 6.18. The van der Waals surface area contributed by atoms with Crippen LogP contribution in [0.3, 0.4) is 0 Å². The molecule has 1 atom stereocenters. The largest absolute Gasteiger partial charge is 0.355 e. The van der Waals surface area contributed by atoms with Gasteiger partial charge in [-0.05, 0) is 45.6 Å². The fourth-order valence-electron chi connectivity index (χ4n) is 4.78. The molecule has 0 aromatic carbocycles. The average Bonchev–Trinajstić information content (AvgIpc) is 3.00. The van der Waals surface area contributed by atoms with Crippen LogP contribution in [0.25, 0.3) is 0 Å². The second-order valence-corrected chi connectivity index (χ2v) is 8.12. The van der Waals surface area contributed by atoms with Crippen molar-refractivity contribution in [1.29, 1.82) is 0 Å². The number of hydrogen-bond donors (Lipinski definition) is 2. The summed E-state index contributed by atoms with van der Waals surface area (Å²) in [5.41, 5.74) is 8.54. The highest BCUT2D eigenvalue weighted by Crippen LogP contribution is 2.32. The van der Waals surface area contributed by atoms with Crippen molar-refractivity contribution < 1.29 is 9.59 Å². The molecule has 2 aliphatic rings. The number of nitrogens with two attached hydrogens (primary N) is 1. The Labute approximate surface area is 174 Å². The predicted octanol–water partition coefficient (Wildman–Crippen LogP) is 2.96. The topological polar surface area (TPSA) is 80.4 Å². The monoisotopic (exact) mass is 410 g/mol. The standard InChI is InChI=1S/C21H34N4O2.ClH/c1-15-13-19(16(2)25(15)18-8-4-3-5-9-18)21(27)24-12-6-7-17(14-24)20(26)23-11-10-22;/h13,17-18H,3-12,14,22H2,1-2H3,(H,23,26);1H. The molecule has 0 radical (unpaired) electrons. The number of carbonyl (C=O) groups is 2. The second kappa shape index (κ2) is 10.3. The van der Waals surface area contributed by atoms with E-state index in [-0.39, 0.29) is 30.1 Å². The van der Waals surface area contributed by atoms with E-state index in [4.69, 9.17) is 5.73 Å². The van der Waals surface area contributed by atoms with Gasteiger partial charge in [-0.15, -0.1) is 12.4 Å². The van der Waals surface area contributed by atoms with Crippen LogP contribution in [0.4, 0.5) is 0 Å². The average molecular weight is 411 g/mol. The zero-order valence-corrected chi connectivity index (χ0v) is 18.0. The third-order valence-electron chi connectivity index (χ3n) is 6.18. The second-order valence-electron chi connectivity index (χ2n) is 8.12. The summed E-state index contributed by atoms with van der Waals surface area (Å²) in [6, 6.07) is 2.57. The smallest absolute Gasteiger partial charge is 0.255 e. The summed E-state index contributed by atoms with van der Waals surface area (Å²) >= 11 is 0. The molecule has 1 aliphatic heterocycles. The molecule has 1 aliphatic carbocycles. The molecule has 2 amide bonds. The highest BCUT2D eigenvalue weighted by atomic mass is 35.5. The first-order chi connectivity index (χ1) is 13.0. The molecule has 1 unspecified atom stereocenters. The molecular formula is C21H35ClN4O2. The van der Waals surface area contributed by atoms with Crippen molar-refractivity contribution in [1.82, 2.24) is 14.8 Å². The summed E-state index contributed by atoms with van der Waals surface area (Å²) in [7, 11) is 0. The van der Waals surface area contributed by atoms with E-state index < -0.39 is 0 Å². The SMILES string of the molecule is Cc1cc(C(=O)N2CCCC(C(=O)NCCN)C2)c(C)n1C1CCCCC1.Cl. The first-order valence-electron chi connectivity index (χ1n) is 10.5. The molecule has 1 saturated carbocycles. The van der Waals surface area contributed by atoms with E-state index in [1.54, 1.807) is 0 Å². The molecule has 6 nitrogen and oxygen atoms in total. The Hall–Kier alpha value is -1.53. The quantitative estimate of drug-likeness (QED) is 0.783. The van der Waals surface area contributed by atoms with Crippen molar-refractivity contribution >= 4 is 24.2 Å². The fraction of sp³-hybridized carbons (Fsp3) is 0.714. The molecule has 1 aromatic heterocycles. The maximum atomic E-state index is 13.2. The van der Waals surface area contributed by atoms with Crippen LogP contribution in [0, 0.1) is 19.8 Å². The summed E-state index contributed by atoms with van der Waals surface area (Å²) in [4.78, 5) is 27.4. The first kappa shape index (κ1) is 22.8. The van der Waals surface area contributed by atoms with E-state index in [1.165, 1.54) is 37.8 Å². The molecule has 7 heteroatoms. The number of aryl methyl sites for hydroxylation is 1. The van der Waals surface area contributed by atoms with Gasteiger partial charge in [0.05, 0.1) is 11.5 Å². The van der Waals surface area contributed by atoms with E-state index in [1.807, 2.05) is 11.0 Å². The van der Waals surface area contributed by atoms with Gasteiger partial charge in [0.15, 0.2) is 0 Å². The van der Waals surface area contributed by atoms with Crippen LogP contribution in [0.2, 0.25) is 0 Å². The van der Waals surface area contributed by atoms with Gasteiger partial charge in [-0.3, -0.25) is 9.59 Å². The maximum absolute atomic E-state index is 13.2. The lowest BCUT2D eigenvalue weighted by Crippen LogP contribution is -2.46. The minimum Gasteiger partial charge on any atom is -0.355 e. The number of nitrogens with zero attached hydrogens (tertiary/aromatic N) is 2. The van der Waals surface area contributed by atoms with Crippen molar-refractivity contribution in [3.05, 3.63) is 23.0 Å². The number of carbonyl (C=O) groups excluding carboxylic acids is 2. The summed E-state index contributed by atoms with van der Waals surface area (Å²) in [5, 5.41) is 2.86. The maximum Gasteiger partial charge on any atom is 0.255 e. The Morgan fingerprint density at radius 2 is 1.86 bits per heavy atom. The van der Waals surface area contributed by atoms with Crippen LogP contribution >= 0.6 is 12.4 Å². The fourth-order valence-corrected chi connectivity index (χ4v) is 4.78. The van der Waals surface area contributed by atoms with Gasteiger partial charge in [-0.2, -0.15) is 0 Å². The van der Waals surface area contributed by atoms with Gasteiger partial charge >= 0.3 is 0 Å². The van der Waals surface area contributed by atoms with Crippen LogP contribution in [-0.2, 0) is 4.79 Å². The van der Waals surface area contributed by atoms with Crippen molar-refractivity contribution in [2.45, 2.75) is 64.8 Å². The van der Waals surface area contributed by atoms with Gasteiger partial charge in [0, 0.05) is 43.6 Å². The van der Waals surface area contributed by atoms with Gasteiger partial charge < -0.3 is 20.5 Å². The lowest BCUT2D eigenvalue weighted by atomic mass is 9.95. The highest BCUT2D eigenvalue weighted by molar-refractivity contribution is 5.96. The Morgan fingerprint density at radius 3 is 2.54 bits per heavy atom. The number of halogens is 1. The van der Waals surface area contributed by atoms with Crippen LogP contribution in [0.15, 0.2) is 6.07 Å². The van der Waals surface area contributed by atoms with E-state index in [2.05, 4.69) is 23.7 Å². The normalized spacial score (nSPS) is 20.5. The molecule has 2 heterocycles. The molecule has 3 N–H and O–H groups in total. The van der Waals surface area contributed by atoms with E-state index in [0.717, 1.165) is 30.6 Å². The summed E-state index contributed by atoms with van der Waals surface area (Å²) in [6.07, 6.45) is 7.99. The molecular weight excluding hydrogens is 376 g/mol. The minimum absolute atomic E-state index is 0. The van der Waals surface area contributed by atoms with Crippen molar-refractivity contribution in [2.75, 3.05) is 26.2 Å². The number of hydrogen-bond acceptors (Lipinski definition) is 3. The Balaban J connectivity index is 0.00000280. The molecule has 2 fully saturated rings. The third kappa shape index (κ3) is 4.90. The van der Waals surface area contributed by atoms with Crippen LogP contribution in [0.5, 0.6) is 0 Å². The van der Waals surface area contributed by atoms with E-state index in [9.17, 15) is 9.59 Å². The van der Waals surface area contributed by atoms with Crippen LogP contribution < -0.4 is 11.1 Å². The predicted molar refractivity (Wildman–Crippen MR) is 114 cm³/mol. The Morgan fingerprint density at radius 1 is 1.14 bits per heavy atom. The Kier molecular flexibility index (Phi) is 8.38. The summed E-state index contributed by atoms with van der Waals surface area (Å²) in [6.45, 7) is 6.34. The molecule has 1 saturated heterocycles. The number of aromatic nitrogens is 1. The zero-order chi connectivity index (χ0) is 19.4. The van der Waals surface area contributed by atoms with Gasteiger partial charge in [0.1, 0.15) is 0 Å². The number of rotatable bonds is 5. The molecule has 3 rings (SSSR count). The zero-order valence-electron chi connectivity index (χ0n) is 17.2. The summed E-state index contributed by atoms with van der Waals surface area (Å²) in [5.74, 6) is -0.0387. The minimum atomic E-state index is -0.129. The molecule has 28 heavy (non-hydrogen) atoms. The van der Waals surface area contributed by atoms with Gasteiger partial charge in [-0.25, -0.2) is 0 Å². The van der Waals surface area contributed by atoms with Gasteiger partial charge in [0.2, 0.25) is 5.91 Å². The highest BCUT2D eigenvalue weighted by Gasteiger charge is 2.31. The first-order valence-corrected chi connectivity index (χ1v) is 10.5. The van der Waals surface area contributed by atoms with E-state index in [0.29, 0.717) is 25.7 Å². The molecule has 1 aromatic rings. The van der Waals surface area contributed by atoms with Crippen molar-refractivity contribution in [3.8, 4) is 0 Å². The van der Waals surface area contributed by atoms with Crippen LogP contribution in [-0.4, -0.2) is 47.5 Å².